The molecule has 2 fully saturated rings. The van der Waals surface area contributed by atoms with E-state index in [1.54, 1.807) is 6.20 Å². The second kappa shape index (κ2) is 6.32. The Bertz CT molecular complexity index is 884. The lowest BCUT2D eigenvalue weighted by atomic mass is 9.90. The summed E-state index contributed by atoms with van der Waals surface area (Å²) in [5, 5.41) is 11.4. The fourth-order valence-corrected chi connectivity index (χ4v) is 3.62. The Labute approximate surface area is 149 Å². The molecule has 2 N–H and O–H groups in total. The van der Waals surface area contributed by atoms with Crippen LogP contribution in [0.2, 0.25) is 0 Å². The highest BCUT2D eigenvalue weighted by molar-refractivity contribution is 6.05. The van der Waals surface area contributed by atoms with Crippen molar-refractivity contribution in [1.82, 2.24) is 19.6 Å². The van der Waals surface area contributed by atoms with Gasteiger partial charge in [0.25, 0.3) is 0 Å². The van der Waals surface area contributed by atoms with E-state index in [1.807, 2.05) is 22.7 Å². The molecule has 2 aliphatic rings. The second-order valence-electron chi connectivity index (χ2n) is 6.60. The van der Waals surface area contributed by atoms with Crippen molar-refractivity contribution in [3.8, 4) is 0 Å². The maximum atomic E-state index is 12.0. The van der Waals surface area contributed by atoms with Gasteiger partial charge in [0, 0.05) is 32.3 Å². The van der Waals surface area contributed by atoms with Crippen molar-refractivity contribution < 1.29 is 19.5 Å². The molecule has 136 valence electrons. The Morgan fingerprint density at radius 1 is 1.23 bits per heavy atom. The number of fused-ring (bicyclic) bond motifs is 1. The van der Waals surface area contributed by atoms with Gasteiger partial charge in [-0.05, 0) is 36.5 Å². The zero-order valence-corrected chi connectivity index (χ0v) is 14.1. The highest BCUT2D eigenvalue weighted by Crippen LogP contribution is 2.29. The number of piperidine rings is 1. The van der Waals surface area contributed by atoms with E-state index in [0.717, 1.165) is 24.1 Å². The minimum Gasteiger partial charge on any atom is -0.465 e. The number of carbonyl (C=O) groups excluding carboxylic acids is 2. The van der Waals surface area contributed by atoms with Gasteiger partial charge in [-0.1, -0.05) is 0 Å². The van der Waals surface area contributed by atoms with Gasteiger partial charge in [-0.2, -0.15) is 0 Å². The number of imidazole rings is 1. The molecular formula is C17H19N5O4. The predicted octanol–water partition coefficient (Wildman–Crippen LogP) is 1.64. The molecule has 0 unspecified atom stereocenters. The average Bonchev–Trinajstić information content (AvgIpc) is 3.05. The monoisotopic (exact) mass is 357 g/mol. The van der Waals surface area contributed by atoms with Crippen LogP contribution in [0, 0.1) is 0 Å². The first-order chi connectivity index (χ1) is 12.5. The molecule has 0 aromatic carbocycles. The van der Waals surface area contributed by atoms with E-state index in [-0.39, 0.29) is 12.3 Å². The first-order valence-electron chi connectivity index (χ1n) is 8.59. The molecule has 4 rings (SSSR count). The second-order valence-corrected chi connectivity index (χ2v) is 6.60. The van der Waals surface area contributed by atoms with Crippen molar-refractivity contribution in [3.63, 3.8) is 0 Å². The quantitative estimate of drug-likeness (QED) is 0.850. The molecule has 4 heterocycles. The zero-order chi connectivity index (χ0) is 18.3. The van der Waals surface area contributed by atoms with Crippen molar-refractivity contribution in [3.05, 3.63) is 30.1 Å². The SMILES string of the molecule is O=C1CCN(c2cnc3cc(C4CCN(C(=O)O)CC4)ccn23)C(=O)N1. The van der Waals surface area contributed by atoms with Gasteiger partial charge < -0.3 is 10.0 Å². The largest absolute Gasteiger partial charge is 0.465 e. The standard InChI is InChI=1S/C17H19N5O4/c23-14-4-8-22(16(24)19-14)15-10-18-13-9-12(3-7-21(13)15)11-1-5-20(6-2-11)17(25)26/h3,7,9-11H,1-2,4-6,8H2,(H,25,26)(H,19,23,24). The van der Waals surface area contributed by atoms with Gasteiger partial charge in [0.15, 0.2) is 0 Å². The predicted molar refractivity (Wildman–Crippen MR) is 92.3 cm³/mol. The number of imide groups is 1. The summed E-state index contributed by atoms with van der Waals surface area (Å²) >= 11 is 0. The van der Waals surface area contributed by atoms with Gasteiger partial charge in [-0.15, -0.1) is 0 Å². The normalized spacial score (nSPS) is 19.1. The van der Waals surface area contributed by atoms with Crippen LogP contribution in [0.5, 0.6) is 0 Å². The van der Waals surface area contributed by atoms with E-state index in [4.69, 9.17) is 5.11 Å². The van der Waals surface area contributed by atoms with E-state index in [1.165, 1.54) is 9.80 Å². The molecule has 2 saturated heterocycles. The Hall–Kier alpha value is -3.10. The Morgan fingerprint density at radius 2 is 2.00 bits per heavy atom. The van der Waals surface area contributed by atoms with Gasteiger partial charge >= 0.3 is 12.1 Å². The third-order valence-corrected chi connectivity index (χ3v) is 5.09. The van der Waals surface area contributed by atoms with Gasteiger partial charge in [0.2, 0.25) is 5.91 Å². The van der Waals surface area contributed by atoms with Gasteiger partial charge in [0.1, 0.15) is 11.5 Å². The fraction of sp³-hybridized carbons (Fsp3) is 0.412. The molecule has 2 aromatic heterocycles. The number of carboxylic acid groups (broad SMARTS) is 1. The summed E-state index contributed by atoms with van der Waals surface area (Å²) in [7, 11) is 0. The van der Waals surface area contributed by atoms with E-state index >= 15 is 0 Å². The molecule has 0 radical (unpaired) electrons. The summed E-state index contributed by atoms with van der Waals surface area (Å²) < 4.78 is 1.82. The van der Waals surface area contributed by atoms with Crippen LogP contribution in [0.3, 0.4) is 0 Å². The van der Waals surface area contributed by atoms with Crippen LogP contribution >= 0.6 is 0 Å². The number of likely N-dealkylation sites (tertiary alicyclic amines) is 1. The van der Waals surface area contributed by atoms with Gasteiger partial charge in [0.05, 0.1) is 6.20 Å². The number of urea groups is 1. The lowest BCUT2D eigenvalue weighted by molar-refractivity contribution is -0.120. The van der Waals surface area contributed by atoms with E-state index in [2.05, 4.69) is 10.3 Å². The molecule has 2 aliphatic heterocycles. The van der Waals surface area contributed by atoms with Gasteiger partial charge in [-0.3, -0.25) is 19.4 Å². The van der Waals surface area contributed by atoms with E-state index in [0.29, 0.717) is 31.4 Å². The summed E-state index contributed by atoms with van der Waals surface area (Å²) in [6, 6.07) is 3.54. The van der Waals surface area contributed by atoms with Gasteiger partial charge in [-0.25, -0.2) is 14.6 Å². The zero-order valence-electron chi connectivity index (χ0n) is 14.1. The molecule has 2 aromatic rings. The Kier molecular flexibility index (Phi) is 3.98. The van der Waals surface area contributed by atoms with Crippen molar-refractivity contribution >= 4 is 29.5 Å². The molecule has 26 heavy (non-hydrogen) atoms. The lowest BCUT2D eigenvalue weighted by Crippen LogP contribution is -2.50. The fourth-order valence-electron chi connectivity index (χ4n) is 3.62. The van der Waals surface area contributed by atoms with E-state index < -0.39 is 12.1 Å². The summed E-state index contributed by atoms with van der Waals surface area (Å²) in [6.45, 7) is 1.40. The van der Waals surface area contributed by atoms with Crippen LogP contribution in [-0.2, 0) is 4.79 Å². The summed E-state index contributed by atoms with van der Waals surface area (Å²) in [5.74, 6) is 0.652. The number of hydrogen-bond acceptors (Lipinski definition) is 4. The Morgan fingerprint density at radius 3 is 2.69 bits per heavy atom. The number of pyridine rings is 1. The third-order valence-electron chi connectivity index (χ3n) is 5.09. The number of nitrogens with one attached hydrogen (secondary N) is 1. The van der Waals surface area contributed by atoms with Crippen molar-refractivity contribution in [1.29, 1.82) is 0 Å². The smallest absolute Gasteiger partial charge is 0.407 e. The number of amides is 4. The van der Waals surface area contributed by atoms with Crippen LogP contribution in [0.1, 0.15) is 30.7 Å². The number of carbonyl (C=O) groups is 3. The maximum Gasteiger partial charge on any atom is 0.407 e. The number of rotatable bonds is 2. The summed E-state index contributed by atoms with van der Waals surface area (Å²) in [4.78, 5) is 41.7. The third kappa shape index (κ3) is 2.85. The van der Waals surface area contributed by atoms with Crippen LogP contribution < -0.4 is 10.2 Å². The Balaban J connectivity index is 1.55. The minimum atomic E-state index is -0.866. The molecule has 4 amide bonds. The molecular weight excluding hydrogens is 338 g/mol. The first kappa shape index (κ1) is 16.4. The average molecular weight is 357 g/mol. The van der Waals surface area contributed by atoms with Crippen LogP contribution in [0.4, 0.5) is 15.4 Å². The topological polar surface area (TPSA) is 107 Å². The molecule has 0 bridgehead atoms. The van der Waals surface area contributed by atoms with Crippen LogP contribution in [0.25, 0.3) is 5.65 Å². The number of aromatic nitrogens is 2. The maximum absolute atomic E-state index is 12.0. The highest BCUT2D eigenvalue weighted by atomic mass is 16.4. The number of hydrogen-bond donors (Lipinski definition) is 2. The highest BCUT2D eigenvalue weighted by Gasteiger charge is 2.27. The number of anilines is 1. The first-order valence-corrected chi connectivity index (χ1v) is 8.59. The minimum absolute atomic E-state index is 0.263. The summed E-state index contributed by atoms with van der Waals surface area (Å²) in [6.07, 6.45) is 4.47. The van der Waals surface area contributed by atoms with E-state index in [9.17, 15) is 14.4 Å². The molecule has 0 atom stereocenters. The molecule has 0 spiro atoms. The molecule has 9 heteroatoms. The van der Waals surface area contributed by atoms with Crippen molar-refractivity contribution in [2.24, 2.45) is 0 Å². The lowest BCUT2D eigenvalue weighted by Gasteiger charge is -2.30. The number of nitrogens with zero attached hydrogens (tertiary/aromatic N) is 4. The van der Waals surface area contributed by atoms with Crippen molar-refractivity contribution in [2.45, 2.75) is 25.2 Å². The van der Waals surface area contributed by atoms with Crippen LogP contribution in [-0.4, -0.2) is 57.1 Å². The van der Waals surface area contributed by atoms with Crippen LogP contribution in [0.15, 0.2) is 24.5 Å². The molecule has 0 aliphatic carbocycles. The summed E-state index contributed by atoms with van der Waals surface area (Å²) in [5.41, 5.74) is 1.85. The van der Waals surface area contributed by atoms with Crippen molar-refractivity contribution in [2.75, 3.05) is 24.5 Å². The molecule has 0 saturated carbocycles. The molecule has 9 nitrogen and oxygen atoms in total.